The average molecular weight is 402 g/mol. The van der Waals surface area contributed by atoms with Crippen LogP contribution >= 0.6 is 23.1 Å². The zero-order chi connectivity index (χ0) is 19.2. The first-order chi connectivity index (χ1) is 13.0. The van der Waals surface area contributed by atoms with E-state index in [0.29, 0.717) is 10.0 Å². The number of para-hydroxylation sites is 1. The van der Waals surface area contributed by atoms with Crippen molar-refractivity contribution in [3.63, 3.8) is 0 Å². The Balaban J connectivity index is 1.57. The SMILES string of the molecule is Cc1nnc(SCC(=O)NN=Cc2ccc([N+](=O)[O-])s2)n1-c1ccccc1. The molecule has 0 saturated carbocycles. The Bertz CT molecular complexity index is 983. The van der Waals surface area contributed by atoms with Crippen molar-refractivity contribution in [2.45, 2.75) is 12.1 Å². The Kier molecular flexibility index (Phi) is 5.94. The Morgan fingerprint density at radius 1 is 1.33 bits per heavy atom. The molecule has 0 saturated heterocycles. The minimum absolute atomic E-state index is 0.0222. The van der Waals surface area contributed by atoms with Gasteiger partial charge in [0.25, 0.3) is 5.91 Å². The van der Waals surface area contributed by atoms with Gasteiger partial charge in [-0.05, 0) is 25.1 Å². The fraction of sp³-hybridized carbons (Fsp3) is 0.125. The summed E-state index contributed by atoms with van der Waals surface area (Å²) < 4.78 is 1.87. The fourth-order valence-electron chi connectivity index (χ4n) is 2.15. The molecule has 138 valence electrons. The number of carbonyl (C=O) groups excluding carboxylic acids is 1. The quantitative estimate of drug-likeness (QED) is 0.281. The molecule has 0 spiro atoms. The van der Waals surface area contributed by atoms with Crippen LogP contribution < -0.4 is 5.43 Å². The van der Waals surface area contributed by atoms with Crippen LogP contribution in [0.5, 0.6) is 0 Å². The van der Waals surface area contributed by atoms with E-state index in [1.54, 1.807) is 6.07 Å². The number of nitro groups is 1. The van der Waals surface area contributed by atoms with Crippen LogP contribution in [0.25, 0.3) is 5.69 Å². The van der Waals surface area contributed by atoms with E-state index >= 15 is 0 Å². The summed E-state index contributed by atoms with van der Waals surface area (Å²) in [5.74, 6) is 0.511. The average Bonchev–Trinajstić information content (AvgIpc) is 3.27. The van der Waals surface area contributed by atoms with E-state index in [9.17, 15) is 14.9 Å². The second-order valence-corrected chi connectivity index (χ2v) is 7.25. The number of aryl methyl sites for hydroxylation is 1. The van der Waals surface area contributed by atoms with Crippen molar-refractivity contribution < 1.29 is 9.72 Å². The third-order valence-corrected chi connectivity index (χ3v) is 5.22. The van der Waals surface area contributed by atoms with Crippen molar-refractivity contribution in [2.24, 2.45) is 5.10 Å². The van der Waals surface area contributed by atoms with E-state index in [2.05, 4.69) is 20.7 Å². The van der Waals surface area contributed by atoms with Crippen LogP contribution in [0.3, 0.4) is 0 Å². The van der Waals surface area contributed by atoms with Gasteiger partial charge in [-0.3, -0.25) is 19.5 Å². The molecule has 0 atom stereocenters. The maximum absolute atomic E-state index is 12.0. The summed E-state index contributed by atoms with van der Waals surface area (Å²) in [5.41, 5.74) is 3.31. The van der Waals surface area contributed by atoms with Crippen molar-refractivity contribution in [3.8, 4) is 5.69 Å². The predicted octanol–water partition coefficient (Wildman–Crippen LogP) is 2.79. The zero-order valence-corrected chi connectivity index (χ0v) is 15.7. The van der Waals surface area contributed by atoms with E-state index in [1.807, 2.05) is 41.8 Å². The summed E-state index contributed by atoms with van der Waals surface area (Å²) in [6.07, 6.45) is 1.37. The van der Waals surface area contributed by atoms with Crippen LogP contribution in [0, 0.1) is 17.0 Å². The summed E-state index contributed by atoms with van der Waals surface area (Å²) in [6, 6.07) is 12.6. The number of hydrogen-bond donors (Lipinski definition) is 1. The Labute approximate surface area is 162 Å². The molecule has 0 fully saturated rings. The number of nitrogens with one attached hydrogen (secondary N) is 1. The van der Waals surface area contributed by atoms with Crippen molar-refractivity contribution >= 4 is 40.2 Å². The van der Waals surface area contributed by atoms with Crippen LogP contribution in [-0.2, 0) is 4.79 Å². The fourth-order valence-corrected chi connectivity index (χ4v) is 3.63. The van der Waals surface area contributed by atoms with Gasteiger partial charge in [-0.2, -0.15) is 5.10 Å². The van der Waals surface area contributed by atoms with E-state index in [4.69, 9.17) is 0 Å². The van der Waals surface area contributed by atoms with Crippen molar-refractivity contribution in [1.29, 1.82) is 0 Å². The van der Waals surface area contributed by atoms with E-state index < -0.39 is 4.92 Å². The molecule has 9 nitrogen and oxygen atoms in total. The maximum atomic E-state index is 12.0. The molecule has 3 rings (SSSR count). The lowest BCUT2D eigenvalue weighted by atomic mass is 10.3. The molecular formula is C16H14N6O3S2. The van der Waals surface area contributed by atoms with Gasteiger partial charge in [0.05, 0.1) is 21.8 Å². The van der Waals surface area contributed by atoms with Crippen LogP contribution in [0.2, 0.25) is 0 Å². The number of carbonyl (C=O) groups is 1. The molecule has 0 aliphatic carbocycles. The lowest BCUT2D eigenvalue weighted by Gasteiger charge is -2.07. The summed E-state index contributed by atoms with van der Waals surface area (Å²) in [5, 5.41) is 23.3. The molecule has 0 unspecified atom stereocenters. The highest BCUT2D eigenvalue weighted by Crippen LogP contribution is 2.23. The van der Waals surface area contributed by atoms with Gasteiger partial charge in [0.15, 0.2) is 5.16 Å². The number of rotatable bonds is 7. The number of hydrazone groups is 1. The van der Waals surface area contributed by atoms with Gasteiger partial charge in [0.2, 0.25) is 0 Å². The van der Waals surface area contributed by atoms with Crippen molar-refractivity contribution in [1.82, 2.24) is 20.2 Å². The second-order valence-electron chi connectivity index (χ2n) is 5.22. The van der Waals surface area contributed by atoms with Gasteiger partial charge in [0.1, 0.15) is 5.82 Å². The van der Waals surface area contributed by atoms with Crippen LogP contribution in [0.15, 0.2) is 52.7 Å². The number of benzene rings is 1. The molecule has 1 aromatic carbocycles. The molecule has 1 amide bonds. The molecule has 0 aliphatic heterocycles. The van der Waals surface area contributed by atoms with Gasteiger partial charge >= 0.3 is 5.00 Å². The molecule has 11 heteroatoms. The first-order valence-electron chi connectivity index (χ1n) is 7.71. The summed E-state index contributed by atoms with van der Waals surface area (Å²) in [6.45, 7) is 1.84. The number of aromatic nitrogens is 3. The summed E-state index contributed by atoms with van der Waals surface area (Å²) in [7, 11) is 0. The van der Waals surface area contributed by atoms with E-state index in [1.165, 1.54) is 24.0 Å². The van der Waals surface area contributed by atoms with Crippen LogP contribution in [0.4, 0.5) is 5.00 Å². The number of thioether (sulfide) groups is 1. The van der Waals surface area contributed by atoms with E-state index in [-0.39, 0.29) is 16.7 Å². The number of nitrogens with zero attached hydrogens (tertiary/aromatic N) is 5. The molecule has 2 heterocycles. The largest absolute Gasteiger partial charge is 0.324 e. The normalized spacial score (nSPS) is 11.0. The lowest BCUT2D eigenvalue weighted by molar-refractivity contribution is -0.380. The van der Waals surface area contributed by atoms with Gasteiger partial charge in [-0.15, -0.1) is 10.2 Å². The highest BCUT2D eigenvalue weighted by atomic mass is 32.2. The monoisotopic (exact) mass is 402 g/mol. The molecule has 1 N–H and O–H groups in total. The van der Waals surface area contributed by atoms with Crippen LogP contribution in [-0.4, -0.2) is 37.6 Å². The van der Waals surface area contributed by atoms with Crippen molar-refractivity contribution in [2.75, 3.05) is 5.75 Å². The number of hydrogen-bond acceptors (Lipinski definition) is 8. The van der Waals surface area contributed by atoms with Gasteiger partial charge in [-0.1, -0.05) is 41.3 Å². The third-order valence-electron chi connectivity index (χ3n) is 3.32. The Hall–Kier alpha value is -3.05. The molecule has 0 radical (unpaired) electrons. The molecule has 3 aromatic rings. The van der Waals surface area contributed by atoms with Gasteiger partial charge in [-0.25, -0.2) is 5.43 Å². The van der Waals surface area contributed by atoms with Gasteiger partial charge < -0.3 is 0 Å². The van der Waals surface area contributed by atoms with E-state index in [0.717, 1.165) is 22.8 Å². The lowest BCUT2D eigenvalue weighted by Crippen LogP contribution is -2.19. The molecule has 0 bridgehead atoms. The standard InChI is InChI=1S/C16H14N6O3S2/c1-11-18-20-16(21(11)12-5-3-2-4-6-12)26-10-14(23)19-17-9-13-7-8-15(27-13)22(24)25/h2-9H,10H2,1H3,(H,19,23). The minimum atomic E-state index is -0.470. The molecule has 0 aliphatic rings. The topological polar surface area (TPSA) is 115 Å². The third kappa shape index (κ3) is 4.77. The number of thiophene rings is 1. The molecule has 2 aromatic heterocycles. The van der Waals surface area contributed by atoms with Gasteiger partial charge in [0, 0.05) is 11.8 Å². The minimum Gasteiger partial charge on any atom is -0.274 e. The predicted molar refractivity (Wildman–Crippen MR) is 104 cm³/mol. The highest BCUT2D eigenvalue weighted by molar-refractivity contribution is 7.99. The molecule has 27 heavy (non-hydrogen) atoms. The first kappa shape index (κ1) is 18.7. The maximum Gasteiger partial charge on any atom is 0.324 e. The van der Waals surface area contributed by atoms with Crippen LogP contribution in [0.1, 0.15) is 10.7 Å². The summed E-state index contributed by atoms with van der Waals surface area (Å²) >= 11 is 2.22. The summed E-state index contributed by atoms with van der Waals surface area (Å²) in [4.78, 5) is 22.7. The smallest absolute Gasteiger partial charge is 0.274 e. The highest BCUT2D eigenvalue weighted by Gasteiger charge is 2.13. The first-order valence-corrected chi connectivity index (χ1v) is 9.51. The second kappa shape index (κ2) is 8.56. The Morgan fingerprint density at radius 2 is 2.11 bits per heavy atom. The molecular weight excluding hydrogens is 388 g/mol. The zero-order valence-electron chi connectivity index (χ0n) is 14.1. The number of amides is 1. The van der Waals surface area contributed by atoms with Crippen molar-refractivity contribution in [3.05, 3.63) is 63.3 Å². The Morgan fingerprint density at radius 3 is 2.81 bits per heavy atom.